The van der Waals surface area contributed by atoms with Gasteiger partial charge in [-0.25, -0.2) is 8.78 Å². The van der Waals surface area contributed by atoms with Crippen molar-refractivity contribution in [2.24, 2.45) is 0 Å². The van der Waals surface area contributed by atoms with E-state index in [1.54, 1.807) is 12.1 Å². The number of amides is 1. The lowest BCUT2D eigenvalue weighted by Crippen LogP contribution is -2.14. The van der Waals surface area contributed by atoms with Gasteiger partial charge in [0.2, 0.25) is 0 Å². The van der Waals surface area contributed by atoms with Crippen LogP contribution in [0.25, 0.3) is 11.3 Å². The molecule has 0 aliphatic heterocycles. The van der Waals surface area contributed by atoms with Gasteiger partial charge in [-0.3, -0.25) is 4.79 Å². The van der Waals surface area contributed by atoms with E-state index in [0.717, 1.165) is 17.7 Å². The van der Waals surface area contributed by atoms with Crippen molar-refractivity contribution in [3.63, 3.8) is 0 Å². The smallest absolute Gasteiger partial charge is 0.261 e. The summed E-state index contributed by atoms with van der Waals surface area (Å²) in [6.07, 6.45) is 1.21. The first-order valence-corrected chi connectivity index (χ1v) is 6.83. The number of carbonyl (C=O) groups is 1. The Bertz CT molecular complexity index is 837. The van der Waals surface area contributed by atoms with Gasteiger partial charge in [-0.2, -0.15) is 0 Å². The summed E-state index contributed by atoms with van der Waals surface area (Å²) in [5.41, 5.74) is 1.28. The largest absolute Gasteiger partial charge is 0.355 e. The Morgan fingerprint density at radius 2 is 1.74 bits per heavy atom. The first-order chi connectivity index (χ1) is 11.1. The number of hydrogen-bond acceptors (Lipinski definition) is 3. The van der Waals surface area contributed by atoms with Crippen molar-refractivity contribution >= 4 is 11.6 Å². The molecule has 0 saturated carbocycles. The van der Waals surface area contributed by atoms with Gasteiger partial charge in [0.1, 0.15) is 22.9 Å². The molecule has 6 heteroatoms. The number of nitrogens with one attached hydrogen (secondary N) is 1. The zero-order chi connectivity index (χ0) is 16.4. The summed E-state index contributed by atoms with van der Waals surface area (Å²) in [7, 11) is 0. The van der Waals surface area contributed by atoms with Crippen molar-refractivity contribution < 1.29 is 18.1 Å². The highest BCUT2D eigenvalue weighted by atomic mass is 19.1. The van der Waals surface area contributed by atoms with Crippen LogP contribution in [0.5, 0.6) is 0 Å². The van der Waals surface area contributed by atoms with Crippen LogP contribution in [0.3, 0.4) is 0 Å². The SMILES string of the molecule is Cc1ccc(-c2oncc2C(=O)Nc2c(F)cccc2F)cc1. The van der Waals surface area contributed by atoms with E-state index in [-0.39, 0.29) is 11.3 Å². The van der Waals surface area contributed by atoms with Crippen LogP contribution in [-0.2, 0) is 0 Å². The molecule has 1 heterocycles. The third kappa shape index (κ3) is 2.96. The summed E-state index contributed by atoms with van der Waals surface area (Å²) in [5.74, 6) is -2.18. The molecular weight excluding hydrogens is 302 g/mol. The molecule has 0 unspecified atom stereocenters. The fraction of sp³-hybridized carbons (Fsp3) is 0.0588. The minimum Gasteiger partial charge on any atom is -0.355 e. The predicted molar refractivity (Wildman–Crippen MR) is 81.0 cm³/mol. The molecule has 1 amide bonds. The van der Waals surface area contributed by atoms with E-state index in [0.29, 0.717) is 5.56 Å². The topological polar surface area (TPSA) is 55.1 Å². The van der Waals surface area contributed by atoms with Gasteiger partial charge < -0.3 is 9.84 Å². The molecule has 3 rings (SSSR count). The van der Waals surface area contributed by atoms with Crippen LogP contribution < -0.4 is 5.32 Å². The van der Waals surface area contributed by atoms with Gasteiger partial charge >= 0.3 is 0 Å². The Balaban J connectivity index is 1.92. The lowest BCUT2D eigenvalue weighted by Gasteiger charge is -2.07. The van der Waals surface area contributed by atoms with Crippen LogP contribution in [0.2, 0.25) is 0 Å². The highest BCUT2D eigenvalue weighted by molar-refractivity contribution is 6.07. The van der Waals surface area contributed by atoms with E-state index in [9.17, 15) is 13.6 Å². The highest BCUT2D eigenvalue weighted by Crippen LogP contribution is 2.26. The van der Waals surface area contributed by atoms with Crippen LogP contribution >= 0.6 is 0 Å². The monoisotopic (exact) mass is 314 g/mol. The van der Waals surface area contributed by atoms with Crippen LogP contribution in [0, 0.1) is 18.6 Å². The van der Waals surface area contributed by atoms with Gasteiger partial charge in [0.05, 0.1) is 6.20 Å². The molecule has 0 aliphatic rings. The maximum absolute atomic E-state index is 13.6. The number of nitrogens with zero attached hydrogens (tertiary/aromatic N) is 1. The van der Waals surface area contributed by atoms with Crippen molar-refractivity contribution in [3.05, 3.63) is 71.4 Å². The summed E-state index contributed by atoms with van der Waals surface area (Å²) >= 11 is 0. The Hall–Kier alpha value is -3.02. The van der Waals surface area contributed by atoms with Crippen molar-refractivity contribution in [1.82, 2.24) is 5.16 Å². The number of rotatable bonds is 3. The van der Waals surface area contributed by atoms with Crippen molar-refractivity contribution in [1.29, 1.82) is 0 Å². The number of benzene rings is 2. The zero-order valence-electron chi connectivity index (χ0n) is 12.1. The van der Waals surface area contributed by atoms with E-state index >= 15 is 0 Å². The van der Waals surface area contributed by atoms with Gasteiger partial charge in [0.15, 0.2) is 5.76 Å². The average molecular weight is 314 g/mol. The van der Waals surface area contributed by atoms with E-state index in [2.05, 4.69) is 10.5 Å². The second kappa shape index (κ2) is 6.00. The average Bonchev–Trinajstić information content (AvgIpc) is 3.01. The lowest BCUT2D eigenvalue weighted by molar-refractivity contribution is 0.102. The number of para-hydroxylation sites is 1. The molecule has 0 aliphatic carbocycles. The molecule has 3 aromatic rings. The van der Waals surface area contributed by atoms with Crippen molar-refractivity contribution in [2.75, 3.05) is 5.32 Å². The molecule has 0 atom stereocenters. The van der Waals surface area contributed by atoms with Crippen LogP contribution in [0.4, 0.5) is 14.5 Å². The number of anilines is 1. The van der Waals surface area contributed by atoms with Crippen molar-refractivity contribution in [2.45, 2.75) is 6.92 Å². The molecule has 0 radical (unpaired) electrons. The zero-order valence-corrected chi connectivity index (χ0v) is 12.1. The quantitative estimate of drug-likeness (QED) is 0.789. The molecule has 0 fully saturated rings. The first-order valence-electron chi connectivity index (χ1n) is 6.83. The predicted octanol–water partition coefficient (Wildman–Crippen LogP) is 4.18. The minimum absolute atomic E-state index is 0.0940. The minimum atomic E-state index is -0.855. The fourth-order valence-electron chi connectivity index (χ4n) is 2.11. The van der Waals surface area contributed by atoms with E-state index in [1.807, 2.05) is 19.1 Å². The Labute approximate surface area is 130 Å². The number of hydrogen-bond donors (Lipinski definition) is 1. The number of carbonyl (C=O) groups excluding carboxylic acids is 1. The Morgan fingerprint density at radius 1 is 1.09 bits per heavy atom. The van der Waals surface area contributed by atoms with Gasteiger partial charge in [-0.1, -0.05) is 41.1 Å². The molecule has 23 heavy (non-hydrogen) atoms. The molecule has 0 bridgehead atoms. The highest BCUT2D eigenvalue weighted by Gasteiger charge is 2.20. The lowest BCUT2D eigenvalue weighted by atomic mass is 10.1. The fourth-order valence-corrected chi connectivity index (χ4v) is 2.11. The second-order valence-corrected chi connectivity index (χ2v) is 4.99. The molecule has 0 saturated heterocycles. The third-order valence-electron chi connectivity index (χ3n) is 3.33. The van der Waals surface area contributed by atoms with Crippen LogP contribution in [-0.4, -0.2) is 11.1 Å². The van der Waals surface area contributed by atoms with Gasteiger partial charge in [-0.05, 0) is 19.1 Å². The van der Waals surface area contributed by atoms with Gasteiger partial charge in [-0.15, -0.1) is 0 Å². The van der Waals surface area contributed by atoms with Crippen molar-refractivity contribution in [3.8, 4) is 11.3 Å². The number of halogens is 2. The number of aromatic nitrogens is 1. The van der Waals surface area contributed by atoms with E-state index in [1.165, 1.54) is 12.3 Å². The maximum atomic E-state index is 13.6. The summed E-state index contributed by atoms with van der Waals surface area (Å²) in [6.45, 7) is 1.93. The molecule has 4 nitrogen and oxygen atoms in total. The summed E-state index contributed by atoms with van der Waals surface area (Å²) < 4.78 is 32.4. The third-order valence-corrected chi connectivity index (χ3v) is 3.33. The molecule has 116 valence electrons. The van der Waals surface area contributed by atoms with Gasteiger partial charge in [0, 0.05) is 5.56 Å². The molecule has 2 aromatic carbocycles. The normalized spacial score (nSPS) is 10.6. The Kier molecular flexibility index (Phi) is 3.89. The molecule has 0 spiro atoms. The van der Waals surface area contributed by atoms with E-state index in [4.69, 9.17) is 4.52 Å². The molecular formula is C17H12F2N2O2. The second-order valence-electron chi connectivity index (χ2n) is 4.99. The van der Waals surface area contributed by atoms with Gasteiger partial charge in [0.25, 0.3) is 5.91 Å². The summed E-state index contributed by atoms with van der Waals surface area (Å²) in [6, 6.07) is 10.6. The summed E-state index contributed by atoms with van der Waals surface area (Å²) in [5, 5.41) is 5.82. The van der Waals surface area contributed by atoms with Crippen LogP contribution in [0.15, 0.2) is 53.2 Å². The molecule has 1 N–H and O–H groups in total. The summed E-state index contributed by atoms with van der Waals surface area (Å²) in [4.78, 5) is 12.3. The first kappa shape index (κ1) is 14.9. The Morgan fingerprint density at radius 3 is 2.39 bits per heavy atom. The molecule has 1 aromatic heterocycles. The van der Waals surface area contributed by atoms with E-state index < -0.39 is 23.2 Å². The standard InChI is InChI=1S/C17H12F2N2O2/c1-10-5-7-11(8-6-10)16-12(9-20-23-16)17(22)21-15-13(18)3-2-4-14(15)19/h2-9H,1H3,(H,21,22). The van der Waals surface area contributed by atoms with Crippen LogP contribution in [0.1, 0.15) is 15.9 Å². The number of aryl methyl sites for hydroxylation is 1. The maximum Gasteiger partial charge on any atom is 0.261 e.